The molecule has 2 aromatic rings. The Kier molecular flexibility index (Phi) is 4.33. The second kappa shape index (κ2) is 6.57. The average Bonchev–Trinajstić information content (AvgIpc) is 3.01. The zero-order chi connectivity index (χ0) is 16.2. The van der Waals surface area contributed by atoms with Crippen LogP contribution >= 0.6 is 0 Å². The van der Waals surface area contributed by atoms with Gasteiger partial charge in [-0.2, -0.15) is 0 Å². The number of fused-ring (bicyclic) bond motifs is 1. The summed E-state index contributed by atoms with van der Waals surface area (Å²) >= 11 is 0. The van der Waals surface area contributed by atoms with Crippen LogP contribution in [0.2, 0.25) is 0 Å². The van der Waals surface area contributed by atoms with E-state index in [-0.39, 0.29) is 12.7 Å². The SMILES string of the molecule is CC(C)c1ccc(/C=C/C(=O)Nc2ccc3c(c2)OCO3)cc1. The number of amides is 1. The second-order valence-electron chi connectivity index (χ2n) is 5.71. The molecule has 0 radical (unpaired) electrons. The van der Waals surface area contributed by atoms with Crippen molar-refractivity contribution in [2.45, 2.75) is 19.8 Å². The van der Waals surface area contributed by atoms with E-state index < -0.39 is 0 Å². The molecule has 0 bridgehead atoms. The molecule has 0 unspecified atom stereocenters. The molecule has 118 valence electrons. The first-order valence-electron chi connectivity index (χ1n) is 7.60. The fourth-order valence-corrected chi connectivity index (χ4v) is 2.32. The van der Waals surface area contributed by atoms with Gasteiger partial charge in [0.2, 0.25) is 12.7 Å². The molecular formula is C19H19NO3. The van der Waals surface area contributed by atoms with Crippen LogP contribution in [0.3, 0.4) is 0 Å². The summed E-state index contributed by atoms with van der Waals surface area (Å²) in [5.74, 6) is 1.67. The van der Waals surface area contributed by atoms with E-state index in [2.05, 4.69) is 31.3 Å². The van der Waals surface area contributed by atoms with Gasteiger partial charge in [0.25, 0.3) is 0 Å². The van der Waals surface area contributed by atoms with Gasteiger partial charge in [-0.3, -0.25) is 4.79 Å². The second-order valence-corrected chi connectivity index (χ2v) is 5.71. The summed E-state index contributed by atoms with van der Waals surface area (Å²) in [4.78, 5) is 12.0. The number of rotatable bonds is 4. The monoisotopic (exact) mass is 309 g/mol. The van der Waals surface area contributed by atoms with Crippen molar-refractivity contribution in [3.63, 3.8) is 0 Å². The van der Waals surface area contributed by atoms with Gasteiger partial charge in [-0.15, -0.1) is 0 Å². The van der Waals surface area contributed by atoms with Crippen LogP contribution in [0.5, 0.6) is 11.5 Å². The minimum Gasteiger partial charge on any atom is -0.454 e. The molecule has 4 heteroatoms. The van der Waals surface area contributed by atoms with Crippen LogP contribution in [0.25, 0.3) is 6.08 Å². The minimum absolute atomic E-state index is 0.184. The summed E-state index contributed by atoms with van der Waals surface area (Å²) in [6, 6.07) is 13.5. The van der Waals surface area contributed by atoms with E-state index in [4.69, 9.17) is 9.47 Å². The van der Waals surface area contributed by atoms with Gasteiger partial charge in [0.15, 0.2) is 11.5 Å². The molecule has 0 atom stereocenters. The maximum absolute atomic E-state index is 12.0. The predicted molar refractivity (Wildman–Crippen MR) is 90.8 cm³/mol. The highest BCUT2D eigenvalue weighted by Gasteiger charge is 2.13. The Labute approximate surface area is 135 Å². The average molecular weight is 309 g/mol. The molecule has 1 heterocycles. The molecule has 0 fully saturated rings. The van der Waals surface area contributed by atoms with Crippen LogP contribution < -0.4 is 14.8 Å². The Hall–Kier alpha value is -2.75. The van der Waals surface area contributed by atoms with Crippen molar-refractivity contribution in [3.05, 3.63) is 59.7 Å². The minimum atomic E-state index is -0.184. The van der Waals surface area contributed by atoms with E-state index in [1.54, 1.807) is 24.3 Å². The van der Waals surface area contributed by atoms with Crippen LogP contribution in [0.1, 0.15) is 30.9 Å². The zero-order valence-corrected chi connectivity index (χ0v) is 13.2. The van der Waals surface area contributed by atoms with Gasteiger partial charge >= 0.3 is 0 Å². The fourth-order valence-electron chi connectivity index (χ4n) is 2.32. The van der Waals surface area contributed by atoms with Gasteiger partial charge in [-0.25, -0.2) is 0 Å². The normalized spacial score (nSPS) is 12.8. The molecule has 0 saturated carbocycles. The topological polar surface area (TPSA) is 47.6 Å². The molecule has 1 aliphatic rings. The van der Waals surface area contributed by atoms with E-state index in [1.807, 2.05) is 12.1 Å². The van der Waals surface area contributed by atoms with Crippen molar-refractivity contribution in [2.75, 3.05) is 12.1 Å². The Balaban J connectivity index is 1.62. The summed E-state index contributed by atoms with van der Waals surface area (Å²) in [5, 5.41) is 2.81. The predicted octanol–water partition coefficient (Wildman–Crippen LogP) is 4.19. The lowest BCUT2D eigenvalue weighted by Gasteiger charge is -2.05. The molecule has 0 spiro atoms. The number of anilines is 1. The molecule has 3 rings (SSSR count). The highest BCUT2D eigenvalue weighted by atomic mass is 16.7. The highest BCUT2D eigenvalue weighted by molar-refractivity contribution is 6.02. The van der Waals surface area contributed by atoms with E-state index in [9.17, 15) is 4.79 Å². The molecule has 1 amide bonds. The van der Waals surface area contributed by atoms with Crippen LogP contribution in [0.15, 0.2) is 48.5 Å². The summed E-state index contributed by atoms with van der Waals surface area (Å²) in [6.45, 7) is 4.53. The third kappa shape index (κ3) is 3.72. The van der Waals surface area contributed by atoms with Gasteiger partial charge in [0.1, 0.15) is 0 Å². The van der Waals surface area contributed by atoms with Crippen molar-refractivity contribution in [1.82, 2.24) is 0 Å². The van der Waals surface area contributed by atoms with Gasteiger partial charge in [0.05, 0.1) is 0 Å². The van der Waals surface area contributed by atoms with Crippen molar-refractivity contribution < 1.29 is 14.3 Å². The Morgan fingerprint density at radius 2 is 1.83 bits per heavy atom. The number of ether oxygens (including phenoxy) is 2. The van der Waals surface area contributed by atoms with Crippen molar-refractivity contribution >= 4 is 17.7 Å². The molecule has 2 aromatic carbocycles. The standard InChI is InChI=1S/C19H19NO3/c1-13(2)15-6-3-14(4-7-15)5-10-19(21)20-16-8-9-17-18(11-16)23-12-22-17/h3-11,13H,12H2,1-2H3,(H,20,21)/b10-5+. The molecule has 0 aromatic heterocycles. The van der Waals surface area contributed by atoms with Crippen LogP contribution in [-0.2, 0) is 4.79 Å². The highest BCUT2D eigenvalue weighted by Crippen LogP contribution is 2.34. The molecule has 1 aliphatic heterocycles. The number of carbonyl (C=O) groups is 1. The number of nitrogens with one attached hydrogen (secondary N) is 1. The van der Waals surface area contributed by atoms with Crippen LogP contribution in [0, 0.1) is 0 Å². The van der Waals surface area contributed by atoms with E-state index >= 15 is 0 Å². The van der Waals surface area contributed by atoms with Crippen LogP contribution in [-0.4, -0.2) is 12.7 Å². The summed E-state index contributed by atoms with van der Waals surface area (Å²) in [7, 11) is 0. The molecular weight excluding hydrogens is 290 g/mol. The molecule has 0 saturated heterocycles. The Bertz CT molecular complexity index is 733. The fraction of sp³-hybridized carbons (Fsp3) is 0.211. The lowest BCUT2D eigenvalue weighted by molar-refractivity contribution is -0.111. The third-order valence-electron chi connectivity index (χ3n) is 3.67. The first-order chi connectivity index (χ1) is 11.1. The summed E-state index contributed by atoms with van der Waals surface area (Å²) in [5.41, 5.74) is 2.96. The molecule has 1 N–H and O–H groups in total. The summed E-state index contributed by atoms with van der Waals surface area (Å²) < 4.78 is 10.5. The van der Waals surface area contributed by atoms with E-state index in [0.717, 1.165) is 5.56 Å². The van der Waals surface area contributed by atoms with Gasteiger partial charge in [-0.05, 0) is 35.3 Å². The first-order valence-corrected chi connectivity index (χ1v) is 7.60. The lowest BCUT2D eigenvalue weighted by Crippen LogP contribution is -2.07. The summed E-state index contributed by atoms with van der Waals surface area (Å²) in [6.07, 6.45) is 3.32. The third-order valence-corrected chi connectivity index (χ3v) is 3.67. The number of hydrogen-bond donors (Lipinski definition) is 1. The van der Waals surface area contributed by atoms with Crippen LogP contribution in [0.4, 0.5) is 5.69 Å². The smallest absolute Gasteiger partial charge is 0.248 e. The quantitative estimate of drug-likeness (QED) is 0.861. The molecule has 23 heavy (non-hydrogen) atoms. The van der Waals surface area contributed by atoms with Gasteiger partial charge in [-0.1, -0.05) is 38.1 Å². The maximum atomic E-state index is 12.0. The van der Waals surface area contributed by atoms with E-state index in [0.29, 0.717) is 23.1 Å². The number of carbonyl (C=O) groups excluding carboxylic acids is 1. The number of hydrogen-bond acceptors (Lipinski definition) is 3. The zero-order valence-electron chi connectivity index (χ0n) is 13.2. The van der Waals surface area contributed by atoms with Gasteiger partial charge in [0, 0.05) is 17.8 Å². The molecule has 0 aliphatic carbocycles. The number of benzene rings is 2. The maximum Gasteiger partial charge on any atom is 0.248 e. The van der Waals surface area contributed by atoms with E-state index in [1.165, 1.54) is 11.6 Å². The van der Waals surface area contributed by atoms with Crippen molar-refractivity contribution in [2.24, 2.45) is 0 Å². The molecule has 4 nitrogen and oxygen atoms in total. The van der Waals surface area contributed by atoms with Crippen molar-refractivity contribution in [1.29, 1.82) is 0 Å². The Morgan fingerprint density at radius 1 is 1.09 bits per heavy atom. The first kappa shape index (κ1) is 15.2. The lowest BCUT2D eigenvalue weighted by atomic mass is 10.0. The largest absolute Gasteiger partial charge is 0.454 e. The Morgan fingerprint density at radius 3 is 2.57 bits per heavy atom. The van der Waals surface area contributed by atoms with Gasteiger partial charge < -0.3 is 14.8 Å². The van der Waals surface area contributed by atoms with Crippen molar-refractivity contribution in [3.8, 4) is 11.5 Å².